The van der Waals surface area contributed by atoms with Crippen molar-refractivity contribution in [2.45, 2.75) is 12.0 Å². The van der Waals surface area contributed by atoms with E-state index in [9.17, 15) is 4.79 Å². The Morgan fingerprint density at radius 3 is 2.19 bits per heavy atom. The molecule has 154 valence electrons. The molecule has 4 aromatic rings. The number of methoxy groups -OCH3 is 2. The minimum atomic E-state index is -0.650. The Morgan fingerprint density at radius 2 is 1.48 bits per heavy atom. The standard InChI is InChI=1S/C27H22O4/c1-29-20-12-9-18(10-13-20)24-25-22-16-21(30-2)14-8-17(22)11-15-23(25)31-27(24)26(28)19-6-4-3-5-7-19/h3-16,24,27H,1-2H3/t24-,27-/m1/s1. The van der Waals surface area contributed by atoms with E-state index >= 15 is 0 Å². The molecule has 1 aliphatic heterocycles. The molecule has 0 amide bonds. The fraction of sp³-hybridized carbons (Fsp3) is 0.148. The van der Waals surface area contributed by atoms with Gasteiger partial charge in [0.25, 0.3) is 0 Å². The Morgan fingerprint density at radius 1 is 0.806 bits per heavy atom. The molecule has 0 bridgehead atoms. The minimum absolute atomic E-state index is 0.0336. The van der Waals surface area contributed by atoms with Crippen LogP contribution in [0.1, 0.15) is 27.4 Å². The van der Waals surface area contributed by atoms with Crippen molar-refractivity contribution in [3.8, 4) is 17.2 Å². The van der Waals surface area contributed by atoms with Gasteiger partial charge in [0.15, 0.2) is 6.10 Å². The van der Waals surface area contributed by atoms with Crippen LogP contribution in [0.25, 0.3) is 10.8 Å². The topological polar surface area (TPSA) is 44.8 Å². The first kappa shape index (κ1) is 19.2. The summed E-state index contributed by atoms with van der Waals surface area (Å²) in [5, 5.41) is 2.11. The van der Waals surface area contributed by atoms with Gasteiger partial charge in [0.1, 0.15) is 17.2 Å². The Kier molecular flexibility index (Phi) is 4.83. The highest BCUT2D eigenvalue weighted by Crippen LogP contribution is 2.47. The number of ketones is 1. The van der Waals surface area contributed by atoms with E-state index in [1.54, 1.807) is 14.2 Å². The molecule has 0 fully saturated rings. The molecule has 0 saturated heterocycles. The summed E-state index contributed by atoms with van der Waals surface area (Å²) in [5.41, 5.74) is 2.65. The van der Waals surface area contributed by atoms with E-state index in [4.69, 9.17) is 14.2 Å². The molecule has 0 spiro atoms. The van der Waals surface area contributed by atoms with Gasteiger partial charge in [0.2, 0.25) is 5.78 Å². The van der Waals surface area contributed by atoms with Gasteiger partial charge in [-0.15, -0.1) is 0 Å². The van der Waals surface area contributed by atoms with Gasteiger partial charge in [-0.2, -0.15) is 0 Å². The molecule has 4 heteroatoms. The number of fused-ring (bicyclic) bond motifs is 3. The van der Waals surface area contributed by atoms with Crippen LogP contribution in [0.5, 0.6) is 17.2 Å². The molecule has 0 aliphatic carbocycles. The fourth-order valence-electron chi connectivity index (χ4n) is 4.33. The molecular formula is C27H22O4. The Bertz CT molecular complexity index is 1250. The lowest BCUT2D eigenvalue weighted by Gasteiger charge is -2.20. The van der Waals surface area contributed by atoms with Crippen molar-refractivity contribution >= 4 is 16.6 Å². The summed E-state index contributed by atoms with van der Waals surface area (Å²) in [6.45, 7) is 0. The molecule has 1 aliphatic rings. The molecule has 4 aromatic carbocycles. The molecule has 5 rings (SSSR count). The number of hydrogen-bond acceptors (Lipinski definition) is 4. The summed E-state index contributed by atoms with van der Waals surface area (Å²) < 4.78 is 17.1. The summed E-state index contributed by atoms with van der Waals surface area (Å²) in [7, 11) is 3.30. The van der Waals surface area contributed by atoms with Crippen LogP contribution in [0.2, 0.25) is 0 Å². The summed E-state index contributed by atoms with van der Waals surface area (Å²) >= 11 is 0. The number of rotatable bonds is 5. The number of carbonyl (C=O) groups excluding carboxylic acids is 1. The van der Waals surface area contributed by atoms with Crippen LogP contribution in [0.4, 0.5) is 0 Å². The van der Waals surface area contributed by atoms with Crippen LogP contribution in [-0.4, -0.2) is 26.1 Å². The van der Waals surface area contributed by atoms with Crippen molar-refractivity contribution in [1.82, 2.24) is 0 Å². The molecule has 31 heavy (non-hydrogen) atoms. The third kappa shape index (κ3) is 3.30. The van der Waals surface area contributed by atoms with Gasteiger partial charge >= 0.3 is 0 Å². The SMILES string of the molecule is COc1ccc([C@@H]2c3c(ccc4ccc(OC)cc34)O[C@H]2C(=O)c2ccccc2)cc1. The van der Waals surface area contributed by atoms with Crippen LogP contribution >= 0.6 is 0 Å². The van der Waals surface area contributed by atoms with Gasteiger partial charge in [-0.3, -0.25) is 4.79 Å². The second kappa shape index (κ2) is 7.80. The Balaban J connectivity index is 1.70. The molecule has 0 unspecified atom stereocenters. The first-order valence-corrected chi connectivity index (χ1v) is 10.2. The number of hydrogen-bond donors (Lipinski definition) is 0. The van der Waals surface area contributed by atoms with E-state index in [2.05, 4.69) is 0 Å². The smallest absolute Gasteiger partial charge is 0.204 e. The fourth-order valence-corrected chi connectivity index (χ4v) is 4.33. The zero-order valence-electron chi connectivity index (χ0n) is 17.4. The monoisotopic (exact) mass is 410 g/mol. The van der Waals surface area contributed by atoms with E-state index in [0.717, 1.165) is 39.1 Å². The van der Waals surface area contributed by atoms with Gasteiger partial charge in [-0.05, 0) is 46.7 Å². The van der Waals surface area contributed by atoms with Gasteiger partial charge in [-0.25, -0.2) is 0 Å². The molecule has 1 heterocycles. The summed E-state index contributed by atoms with van der Waals surface area (Å²) in [6.07, 6.45) is -0.650. The highest BCUT2D eigenvalue weighted by molar-refractivity contribution is 6.02. The zero-order chi connectivity index (χ0) is 21.4. The van der Waals surface area contributed by atoms with E-state index in [-0.39, 0.29) is 11.7 Å². The second-order valence-electron chi connectivity index (χ2n) is 7.58. The lowest BCUT2D eigenvalue weighted by atomic mass is 9.83. The van der Waals surface area contributed by atoms with Crippen molar-refractivity contribution in [1.29, 1.82) is 0 Å². The highest BCUT2D eigenvalue weighted by atomic mass is 16.5. The van der Waals surface area contributed by atoms with Crippen molar-refractivity contribution in [2.24, 2.45) is 0 Å². The van der Waals surface area contributed by atoms with Gasteiger partial charge in [0, 0.05) is 11.1 Å². The summed E-state index contributed by atoms with van der Waals surface area (Å²) in [4.78, 5) is 13.5. The van der Waals surface area contributed by atoms with E-state index < -0.39 is 6.10 Å². The molecule has 0 radical (unpaired) electrons. The Labute approximate surface area is 181 Å². The van der Waals surface area contributed by atoms with Crippen LogP contribution in [0.15, 0.2) is 84.9 Å². The van der Waals surface area contributed by atoms with Crippen LogP contribution < -0.4 is 14.2 Å². The molecule has 4 nitrogen and oxygen atoms in total. The largest absolute Gasteiger partial charge is 0.497 e. The van der Waals surface area contributed by atoms with Crippen molar-refractivity contribution in [3.63, 3.8) is 0 Å². The van der Waals surface area contributed by atoms with Crippen molar-refractivity contribution < 1.29 is 19.0 Å². The summed E-state index contributed by atoms with van der Waals surface area (Å²) in [6, 6.07) is 27.1. The summed E-state index contributed by atoms with van der Waals surface area (Å²) in [5.74, 6) is 1.99. The molecule has 0 N–H and O–H groups in total. The maximum absolute atomic E-state index is 13.5. The first-order valence-electron chi connectivity index (χ1n) is 10.2. The van der Waals surface area contributed by atoms with Gasteiger partial charge < -0.3 is 14.2 Å². The van der Waals surface area contributed by atoms with E-state index in [0.29, 0.717) is 5.56 Å². The van der Waals surface area contributed by atoms with Crippen molar-refractivity contribution in [3.05, 3.63) is 102 Å². The predicted octanol–water partition coefficient (Wildman–Crippen LogP) is 5.63. The lowest BCUT2D eigenvalue weighted by molar-refractivity contribution is 0.0807. The molecule has 0 aromatic heterocycles. The zero-order valence-corrected chi connectivity index (χ0v) is 17.4. The Hall–Kier alpha value is -3.79. The predicted molar refractivity (Wildman–Crippen MR) is 121 cm³/mol. The van der Waals surface area contributed by atoms with Crippen LogP contribution in [0, 0.1) is 0 Å². The number of ether oxygens (including phenoxy) is 3. The number of carbonyl (C=O) groups is 1. The molecular weight excluding hydrogens is 388 g/mol. The molecule has 2 atom stereocenters. The molecule has 0 saturated carbocycles. The third-order valence-corrected chi connectivity index (χ3v) is 5.89. The second-order valence-corrected chi connectivity index (χ2v) is 7.58. The first-order chi connectivity index (χ1) is 15.2. The van der Waals surface area contributed by atoms with Crippen molar-refractivity contribution in [2.75, 3.05) is 14.2 Å². The highest BCUT2D eigenvalue weighted by Gasteiger charge is 2.41. The normalized spacial score (nSPS) is 17.1. The average Bonchev–Trinajstić information content (AvgIpc) is 3.24. The maximum atomic E-state index is 13.5. The number of benzene rings is 4. The van der Waals surface area contributed by atoms with Gasteiger partial charge in [-0.1, -0.05) is 54.6 Å². The maximum Gasteiger partial charge on any atom is 0.204 e. The van der Waals surface area contributed by atoms with Gasteiger partial charge in [0.05, 0.1) is 20.1 Å². The lowest BCUT2D eigenvalue weighted by Crippen LogP contribution is -2.30. The number of Topliss-reactive ketones (excluding diaryl/α,β-unsaturated/α-hetero) is 1. The van der Waals surface area contributed by atoms with Crippen LogP contribution in [0.3, 0.4) is 0 Å². The van der Waals surface area contributed by atoms with E-state index in [1.165, 1.54) is 0 Å². The average molecular weight is 410 g/mol. The quantitative estimate of drug-likeness (QED) is 0.400. The van der Waals surface area contributed by atoms with Crippen LogP contribution in [-0.2, 0) is 0 Å². The third-order valence-electron chi connectivity index (χ3n) is 5.89. The minimum Gasteiger partial charge on any atom is -0.497 e. The van der Waals surface area contributed by atoms with E-state index in [1.807, 2.05) is 84.9 Å².